The maximum absolute atomic E-state index is 11.9. The van der Waals surface area contributed by atoms with Gasteiger partial charge in [0.25, 0.3) is 5.91 Å². The summed E-state index contributed by atoms with van der Waals surface area (Å²) in [6.07, 6.45) is 1.60. The largest absolute Gasteiger partial charge is 0.481 e. The molecule has 0 saturated heterocycles. The van der Waals surface area contributed by atoms with Crippen molar-refractivity contribution in [3.63, 3.8) is 0 Å². The van der Waals surface area contributed by atoms with Crippen LogP contribution in [0.15, 0.2) is 18.2 Å². The number of carboxylic acids is 1. The van der Waals surface area contributed by atoms with Gasteiger partial charge in [-0.25, -0.2) is 0 Å². The SMILES string of the molecule is O=C(CNC(=O)c1ccc(Cl)c(Cl)c1)N[C@H]1CC[C@@H](C(=O)O)C1. The first-order chi connectivity index (χ1) is 10.9. The lowest BCUT2D eigenvalue weighted by Crippen LogP contribution is -2.41. The summed E-state index contributed by atoms with van der Waals surface area (Å²) in [5.41, 5.74) is 0.305. The molecule has 6 nitrogen and oxygen atoms in total. The molecule has 0 unspecified atom stereocenters. The Kier molecular flexibility index (Phi) is 5.85. The molecule has 124 valence electrons. The number of carbonyl (C=O) groups is 3. The van der Waals surface area contributed by atoms with Gasteiger partial charge in [0, 0.05) is 11.6 Å². The molecule has 23 heavy (non-hydrogen) atoms. The van der Waals surface area contributed by atoms with E-state index in [1.165, 1.54) is 18.2 Å². The van der Waals surface area contributed by atoms with Gasteiger partial charge >= 0.3 is 5.97 Å². The van der Waals surface area contributed by atoms with E-state index in [0.717, 1.165) is 0 Å². The molecule has 2 rings (SSSR count). The zero-order chi connectivity index (χ0) is 17.0. The molecule has 1 aliphatic carbocycles. The van der Waals surface area contributed by atoms with Crippen molar-refractivity contribution in [1.82, 2.24) is 10.6 Å². The highest BCUT2D eigenvalue weighted by atomic mass is 35.5. The zero-order valence-electron chi connectivity index (χ0n) is 12.1. The molecule has 1 fully saturated rings. The minimum Gasteiger partial charge on any atom is -0.481 e. The van der Waals surface area contributed by atoms with Gasteiger partial charge in [0.1, 0.15) is 0 Å². The predicted molar refractivity (Wildman–Crippen MR) is 85.7 cm³/mol. The minimum atomic E-state index is -0.838. The number of halogens is 2. The van der Waals surface area contributed by atoms with E-state index in [2.05, 4.69) is 10.6 Å². The topological polar surface area (TPSA) is 95.5 Å². The van der Waals surface area contributed by atoms with E-state index in [4.69, 9.17) is 28.3 Å². The highest BCUT2D eigenvalue weighted by Gasteiger charge is 2.30. The van der Waals surface area contributed by atoms with Crippen LogP contribution in [0.1, 0.15) is 29.6 Å². The molecular weight excluding hydrogens is 343 g/mol. The third-order valence-electron chi connectivity index (χ3n) is 3.74. The van der Waals surface area contributed by atoms with Crippen molar-refractivity contribution in [3.8, 4) is 0 Å². The van der Waals surface area contributed by atoms with Crippen LogP contribution < -0.4 is 10.6 Å². The average Bonchev–Trinajstić information content (AvgIpc) is 2.96. The lowest BCUT2D eigenvalue weighted by Gasteiger charge is -2.13. The smallest absolute Gasteiger partial charge is 0.306 e. The summed E-state index contributed by atoms with van der Waals surface area (Å²) in [5.74, 6) is -2.04. The van der Waals surface area contributed by atoms with Crippen molar-refractivity contribution in [2.75, 3.05) is 6.54 Å². The fourth-order valence-corrected chi connectivity index (χ4v) is 2.81. The predicted octanol–water partition coefficient (Wildman–Crippen LogP) is 2.09. The zero-order valence-corrected chi connectivity index (χ0v) is 13.7. The van der Waals surface area contributed by atoms with Gasteiger partial charge in [-0.1, -0.05) is 23.2 Å². The maximum atomic E-state index is 11.9. The van der Waals surface area contributed by atoms with E-state index in [1.54, 1.807) is 0 Å². The third kappa shape index (κ3) is 4.84. The molecule has 0 aromatic heterocycles. The molecule has 0 heterocycles. The van der Waals surface area contributed by atoms with Gasteiger partial charge in [0.2, 0.25) is 5.91 Å². The van der Waals surface area contributed by atoms with Crippen LogP contribution in [0.4, 0.5) is 0 Å². The summed E-state index contributed by atoms with van der Waals surface area (Å²) in [7, 11) is 0. The Balaban J connectivity index is 1.79. The van der Waals surface area contributed by atoms with Gasteiger partial charge in [-0.2, -0.15) is 0 Å². The molecule has 1 aromatic rings. The number of hydrogen-bond acceptors (Lipinski definition) is 3. The summed E-state index contributed by atoms with van der Waals surface area (Å²) in [4.78, 5) is 34.6. The Bertz CT molecular complexity index is 636. The number of hydrogen-bond donors (Lipinski definition) is 3. The van der Waals surface area contributed by atoms with Crippen molar-refractivity contribution in [2.45, 2.75) is 25.3 Å². The van der Waals surface area contributed by atoms with E-state index in [9.17, 15) is 14.4 Å². The van der Waals surface area contributed by atoms with Gasteiger partial charge in [0.05, 0.1) is 22.5 Å². The van der Waals surface area contributed by atoms with Crippen molar-refractivity contribution >= 4 is 41.0 Å². The molecule has 2 atom stereocenters. The Labute approximate surface area is 143 Å². The quantitative estimate of drug-likeness (QED) is 0.750. The van der Waals surface area contributed by atoms with E-state index in [1.807, 2.05) is 0 Å². The lowest BCUT2D eigenvalue weighted by molar-refractivity contribution is -0.141. The van der Waals surface area contributed by atoms with Crippen LogP contribution in [0.25, 0.3) is 0 Å². The van der Waals surface area contributed by atoms with E-state index < -0.39 is 17.8 Å². The fraction of sp³-hybridized carbons (Fsp3) is 0.400. The summed E-state index contributed by atoms with van der Waals surface area (Å²) >= 11 is 11.6. The highest BCUT2D eigenvalue weighted by Crippen LogP contribution is 2.25. The van der Waals surface area contributed by atoms with Crippen LogP contribution in [-0.4, -0.2) is 35.5 Å². The first-order valence-corrected chi connectivity index (χ1v) is 7.88. The number of amides is 2. The van der Waals surface area contributed by atoms with E-state index in [-0.39, 0.29) is 23.5 Å². The van der Waals surface area contributed by atoms with Crippen molar-refractivity contribution in [2.24, 2.45) is 5.92 Å². The van der Waals surface area contributed by atoms with Gasteiger partial charge in [-0.3, -0.25) is 14.4 Å². The molecule has 1 saturated carbocycles. The monoisotopic (exact) mass is 358 g/mol. The summed E-state index contributed by atoms with van der Waals surface area (Å²) in [6.45, 7) is -0.187. The number of aliphatic carboxylic acids is 1. The van der Waals surface area contributed by atoms with E-state index in [0.29, 0.717) is 29.8 Å². The van der Waals surface area contributed by atoms with Crippen LogP contribution in [0.2, 0.25) is 10.0 Å². The minimum absolute atomic E-state index is 0.162. The Morgan fingerprint density at radius 1 is 1.17 bits per heavy atom. The third-order valence-corrected chi connectivity index (χ3v) is 4.48. The Morgan fingerprint density at radius 3 is 2.52 bits per heavy atom. The van der Waals surface area contributed by atoms with E-state index >= 15 is 0 Å². The van der Waals surface area contributed by atoms with Crippen LogP contribution in [0, 0.1) is 5.92 Å². The van der Waals surface area contributed by atoms with Crippen molar-refractivity contribution < 1.29 is 19.5 Å². The van der Waals surface area contributed by atoms with Crippen LogP contribution in [0.5, 0.6) is 0 Å². The Hall–Kier alpha value is -1.79. The first kappa shape index (κ1) is 17.6. The molecule has 0 aliphatic heterocycles. The van der Waals surface area contributed by atoms with Gasteiger partial charge in [0.15, 0.2) is 0 Å². The van der Waals surface area contributed by atoms with Crippen LogP contribution in [-0.2, 0) is 9.59 Å². The fourth-order valence-electron chi connectivity index (χ4n) is 2.52. The molecule has 0 radical (unpaired) electrons. The first-order valence-electron chi connectivity index (χ1n) is 7.12. The molecule has 0 bridgehead atoms. The molecule has 0 spiro atoms. The number of rotatable bonds is 5. The Morgan fingerprint density at radius 2 is 1.91 bits per heavy atom. The second-order valence-electron chi connectivity index (χ2n) is 5.42. The highest BCUT2D eigenvalue weighted by molar-refractivity contribution is 6.42. The van der Waals surface area contributed by atoms with Gasteiger partial charge in [-0.05, 0) is 37.5 Å². The molecule has 3 N–H and O–H groups in total. The van der Waals surface area contributed by atoms with Crippen molar-refractivity contribution in [3.05, 3.63) is 33.8 Å². The van der Waals surface area contributed by atoms with Crippen LogP contribution in [0.3, 0.4) is 0 Å². The second-order valence-corrected chi connectivity index (χ2v) is 6.24. The number of benzene rings is 1. The summed E-state index contributed by atoms with van der Waals surface area (Å²) < 4.78 is 0. The van der Waals surface area contributed by atoms with Crippen LogP contribution >= 0.6 is 23.2 Å². The second kappa shape index (κ2) is 7.66. The molecule has 1 aromatic carbocycles. The molecule has 1 aliphatic rings. The standard InChI is InChI=1S/C15H16Cl2N2O4/c16-11-4-2-8(6-12(11)17)14(21)18-7-13(20)19-10-3-1-9(5-10)15(22)23/h2,4,6,9-10H,1,3,5,7H2,(H,18,21)(H,19,20)(H,22,23)/t9-,10+/m1/s1. The van der Waals surface area contributed by atoms with Gasteiger partial charge < -0.3 is 15.7 Å². The molecule has 2 amide bonds. The molecule has 8 heteroatoms. The lowest BCUT2D eigenvalue weighted by atomic mass is 10.1. The summed E-state index contributed by atoms with van der Waals surface area (Å²) in [6, 6.07) is 4.27. The average molecular weight is 359 g/mol. The number of carbonyl (C=O) groups excluding carboxylic acids is 2. The number of carboxylic acid groups (broad SMARTS) is 1. The normalized spacial score (nSPS) is 20.1. The van der Waals surface area contributed by atoms with Crippen molar-refractivity contribution in [1.29, 1.82) is 0 Å². The van der Waals surface area contributed by atoms with Gasteiger partial charge in [-0.15, -0.1) is 0 Å². The maximum Gasteiger partial charge on any atom is 0.306 e. The number of nitrogens with one attached hydrogen (secondary N) is 2. The summed E-state index contributed by atoms with van der Waals surface area (Å²) in [5, 5.41) is 14.7. The molecular formula is C15H16Cl2N2O4.